The average Bonchev–Trinajstić information content (AvgIpc) is 2.64. The fourth-order valence-corrected chi connectivity index (χ4v) is 3.13. The Kier molecular flexibility index (Phi) is 11.1. The maximum atomic E-state index is 13.7. The van der Waals surface area contributed by atoms with E-state index in [2.05, 4.69) is 34.1 Å². The van der Waals surface area contributed by atoms with Crippen molar-refractivity contribution in [2.75, 3.05) is 53.5 Å². The lowest BCUT2D eigenvalue weighted by Gasteiger charge is -2.35. The number of nitrogens with zero attached hydrogens (tertiary/aromatic N) is 3. The van der Waals surface area contributed by atoms with Crippen LogP contribution in [0.3, 0.4) is 0 Å². The third kappa shape index (κ3) is 7.00. The molecule has 1 atom stereocenters. The van der Waals surface area contributed by atoms with Gasteiger partial charge in [-0.15, -0.1) is 24.0 Å². The molecule has 1 fully saturated rings. The zero-order chi connectivity index (χ0) is 18.1. The molecule has 1 aromatic carbocycles. The van der Waals surface area contributed by atoms with Crippen molar-refractivity contribution in [1.29, 1.82) is 0 Å². The standard InChI is InChI=1S/C19H31FN4O.HI/c1-4-5-9-23(3)19(21-2)22-15-18(24-10-12-25-13-11-24)16-7-6-8-17(20)14-16;/h6-8,14,18H,4-5,9-13,15H2,1-3H3,(H,21,22);1H. The molecule has 1 aliphatic rings. The van der Waals surface area contributed by atoms with Gasteiger partial charge in [0.2, 0.25) is 0 Å². The van der Waals surface area contributed by atoms with Crippen molar-refractivity contribution in [3.05, 3.63) is 35.6 Å². The van der Waals surface area contributed by atoms with Crippen LogP contribution in [0.1, 0.15) is 31.4 Å². The monoisotopic (exact) mass is 478 g/mol. The number of unbranched alkanes of at least 4 members (excludes halogenated alkanes) is 1. The summed E-state index contributed by atoms with van der Waals surface area (Å²) in [7, 11) is 3.85. The van der Waals surface area contributed by atoms with E-state index >= 15 is 0 Å². The summed E-state index contributed by atoms with van der Waals surface area (Å²) >= 11 is 0. The Hall–Kier alpha value is -0.930. The van der Waals surface area contributed by atoms with Crippen molar-refractivity contribution < 1.29 is 9.13 Å². The number of halogens is 2. The lowest BCUT2D eigenvalue weighted by molar-refractivity contribution is 0.0168. The molecular formula is C19H32FIN4O. The highest BCUT2D eigenvalue weighted by Gasteiger charge is 2.23. The molecule has 5 nitrogen and oxygen atoms in total. The molecule has 1 aliphatic heterocycles. The lowest BCUT2D eigenvalue weighted by Crippen LogP contribution is -2.46. The minimum absolute atomic E-state index is 0. The number of nitrogens with one attached hydrogen (secondary N) is 1. The molecular weight excluding hydrogens is 446 g/mol. The van der Waals surface area contributed by atoms with E-state index in [0.717, 1.165) is 57.2 Å². The third-order valence-electron chi connectivity index (χ3n) is 4.59. The zero-order valence-corrected chi connectivity index (χ0v) is 18.4. The minimum Gasteiger partial charge on any atom is -0.379 e. The maximum Gasteiger partial charge on any atom is 0.193 e. The molecule has 1 saturated heterocycles. The van der Waals surface area contributed by atoms with Crippen molar-refractivity contribution in [3.63, 3.8) is 0 Å². The summed E-state index contributed by atoms with van der Waals surface area (Å²) in [5.74, 6) is 0.684. The van der Waals surface area contributed by atoms with Gasteiger partial charge in [0, 0.05) is 40.3 Å². The van der Waals surface area contributed by atoms with E-state index in [1.54, 1.807) is 19.2 Å². The second kappa shape index (κ2) is 12.5. The van der Waals surface area contributed by atoms with Crippen LogP contribution in [0.25, 0.3) is 0 Å². The number of ether oxygens (including phenoxy) is 1. The summed E-state index contributed by atoms with van der Waals surface area (Å²) in [5.41, 5.74) is 0.987. The summed E-state index contributed by atoms with van der Waals surface area (Å²) < 4.78 is 19.2. The van der Waals surface area contributed by atoms with Gasteiger partial charge in [0.1, 0.15) is 5.82 Å². The summed E-state index contributed by atoms with van der Waals surface area (Å²) in [4.78, 5) is 8.88. The van der Waals surface area contributed by atoms with Crippen LogP contribution in [0.15, 0.2) is 29.3 Å². The predicted octanol–water partition coefficient (Wildman–Crippen LogP) is 3.12. The molecule has 26 heavy (non-hydrogen) atoms. The van der Waals surface area contributed by atoms with Crippen molar-refractivity contribution in [2.24, 2.45) is 4.99 Å². The summed E-state index contributed by atoms with van der Waals surface area (Å²) in [5, 5.41) is 3.46. The molecule has 0 amide bonds. The molecule has 7 heteroatoms. The quantitative estimate of drug-likeness (QED) is 0.372. The number of hydrogen-bond donors (Lipinski definition) is 1. The van der Waals surface area contributed by atoms with Gasteiger partial charge in [-0.05, 0) is 24.1 Å². The number of hydrogen-bond acceptors (Lipinski definition) is 3. The molecule has 0 aromatic heterocycles. The first-order chi connectivity index (χ1) is 12.2. The van der Waals surface area contributed by atoms with Gasteiger partial charge >= 0.3 is 0 Å². The van der Waals surface area contributed by atoms with E-state index in [1.165, 1.54) is 6.07 Å². The van der Waals surface area contributed by atoms with Crippen molar-refractivity contribution in [2.45, 2.75) is 25.8 Å². The van der Waals surface area contributed by atoms with Crippen molar-refractivity contribution in [3.8, 4) is 0 Å². The van der Waals surface area contributed by atoms with E-state index < -0.39 is 0 Å². The normalized spacial score (nSPS) is 16.7. The predicted molar refractivity (Wildman–Crippen MR) is 116 cm³/mol. The first-order valence-corrected chi connectivity index (χ1v) is 9.14. The molecule has 0 spiro atoms. The Balaban J connectivity index is 0.00000338. The fraction of sp³-hybridized carbons (Fsp3) is 0.632. The highest BCUT2D eigenvalue weighted by Crippen LogP contribution is 2.22. The first kappa shape index (κ1) is 23.1. The number of morpholine rings is 1. The van der Waals surface area contributed by atoms with E-state index in [4.69, 9.17) is 4.74 Å². The Morgan fingerprint density at radius 3 is 2.73 bits per heavy atom. The van der Waals surface area contributed by atoms with Crippen molar-refractivity contribution >= 4 is 29.9 Å². The van der Waals surface area contributed by atoms with E-state index in [1.807, 2.05) is 6.07 Å². The number of benzene rings is 1. The molecule has 1 unspecified atom stereocenters. The number of guanidine groups is 1. The van der Waals surface area contributed by atoms with Gasteiger partial charge in [-0.25, -0.2) is 4.39 Å². The van der Waals surface area contributed by atoms with Gasteiger partial charge < -0.3 is 15.0 Å². The smallest absolute Gasteiger partial charge is 0.193 e. The minimum atomic E-state index is -0.194. The molecule has 2 rings (SSSR count). The Morgan fingerprint density at radius 1 is 1.38 bits per heavy atom. The largest absolute Gasteiger partial charge is 0.379 e. The van der Waals surface area contributed by atoms with Crippen LogP contribution in [-0.4, -0.2) is 69.2 Å². The SMILES string of the molecule is CCCCN(C)C(=NC)NCC(c1cccc(F)c1)N1CCOCC1.I. The Labute approximate surface area is 174 Å². The third-order valence-corrected chi connectivity index (χ3v) is 4.59. The number of aliphatic imine (C=N–C) groups is 1. The highest BCUT2D eigenvalue weighted by molar-refractivity contribution is 14.0. The van der Waals surface area contributed by atoms with E-state index in [9.17, 15) is 4.39 Å². The zero-order valence-electron chi connectivity index (χ0n) is 16.1. The molecule has 0 bridgehead atoms. The highest BCUT2D eigenvalue weighted by atomic mass is 127. The summed E-state index contributed by atoms with van der Waals surface area (Å²) in [6.45, 7) is 6.99. The molecule has 0 saturated carbocycles. The Bertz CT molecular complexity index is 552. The van der Waals surface area contributed by atoms with Gasteiger partial charge in [-0.2, -0.15) is 0 Å². The fourth-order valence-electron chi connectivity index (χ4n) is 3.13. The van der Waals surface area contributed by atoms with E-state index in [0.29, 0.717) is 6.54 Å². The van der Waals surface area contributed by atoms with Crippen LogP contribution in [0.5, 0.6) is 0 Å². The molecule has 1 N–H and O–H groups in total. The lowest BCUT2D eigenvalue weighted by atomic mass is 10.0. The van der Waals surface area contributed by atoms with Gasteiger partial charge in [0.05, 0.1) is 19.3 Å². The van der Waals surface area contributed by atoms with Gasteiger partial charge in [-0.1, -0.05) is 25.5 Å². The van der Waals surface area contributed by atoms with Crippen LogP contribution in [0.4, 0.5) is 4.39 Å². The second-order valence-corrected chi connectivity index (χ2v) is 6.42. The number of rotatable bonds is 7. The first-order valence-electron chi connectivity index (χ1n) is 9.14. The molecule has 0 aliphatic carbocycles. The average molecular weight is 478 g/mol. The Morgan fingerprint density at radius 2 is 2.12 bits per heavy atom. The van der Waals surface area contributed by atoms with Gasteiger partial charge in [0.15, 0.2) is 5.96 Å². The molecule has 1 heterocycles. The topological polar surface area (TPSA) is 40.1 Å². The van der Waals surface area contributed by atoms with Crippen LogP contribution in [0, 0.1) is 5.82 Å². The van der Waals surface area contributed by atoms with Crippen LogP contribution in [-0.2, 0) is 4.74 Å². The van der Waals surface area contributed by atoms with E-state index in [-0.39, 0.29) is 35.8 Å². The van der Waals surface area contributed by atoms with Crippen LogP contribution < -0.4 is 5.32 Å². The molecule has 1 aromatic rings. The van der Waals surface area contributed by atoms with Crippen LogP contribution >= 0.6 is 24.0 Å². The van der Waals surface area contributed by atoms with Crippen molar-refractivity contribution in [1.82, 2.24) is 15.1 Å². The second-order valence-electron chi connectivity index (χ2n) is 6.42. The van der Waals surface area contributed by atoms with Gasteiger partial charge in [-0.3, -0.25) is 9.89 Å². The maximum absolute atomic E-state index is 13.7. The summed E-state index contributed by atoms with van der Waals surface area (Å²) in [6, 6.07) is 6.99. The molecule has 148 valence electrons. The van der Waals surface area contributed by atoms with Gasteiger partial charge in [0.25, 0.3) is 0 Å². The summed E-state index contributed by atoms with van der Waals surface area (Å²) in [6.07, 6.45) is 2.29. The molecule has 0 radical (unpaired) electrons. The van der Waals surface area contributed by atoms with Crippen LogP contribution in [0.2, 0.25) is 0 Å².